The maximum Gasteiger partial charge on any atom is 0.309 e. The zero-order valence-electron chi connectivity index (χ0n) is 19.6. The number of benzene rings is 1. The highest BCUT2D eigenvalue weighted by molar-refractivity contribution is 7.22. The molecule has 0 saturated heterocycles. The molecule has 0 bridgehead atoms. The van der Waals surface area contributed by atoms with Gasteiger partial charge in [0.2, 0.25) is 5.91 Å². The summed E-state index contributed by atoms with van der Waals surface area (Å²) in [6.07, 6.45) is 6.14. The highest BCUT2D eigenvalue weighted by Gasteiger charge is 2.28. The van der Waals surface area contributed by atoms with Gasteiger partial charge < -0.3 is 20.6 Å². The summed E-state index contributed by atoms with van der Waals surface area (Å²) in [5.41, 5.74) is 7.51. The highest BCUT2D eigenvalue weighted by atomic mass is 32.1. The molecule has 0 radical (unpaired) electrons. The third-order valence-corrected chi connectivity index (χ3v) is 7.48. The van der Waals surface area contributed by atoms with E-state index >= 15 is 0 Å². The van der Waals surface area contributed by atoms with Gasteiger partial charge in [0.15, 0.2) is 0 Å². The van der Waals surface area contributed by atoms with Crippen molar-refractivity contribution in [2.45, 2.75) is 38.2 Å². The third-order valence-electron chi connectivity index (χ3n) is 6.48. The van der Waals surface area contributed by atoms with Gasteiger partial charge in [0, 0.05) is 18.9 Å². The third kappa shape index (κ3) is 6.55. The van der Waals surface area contributed by atoms with Gasteiger partial charge in [0.05, 0.1) is 28.1 Å². The van der Waals surface area contributed by atoms with E-state index in [2.05, 4.69) is 15.1 Å². The first-order valence-corrected chi connectivity index (χ1v) is 12.6. The van der Waals surface area contributed by atoms with Crippen molar-refractivity contribution < 1.29 is 24.3 Å². The summed E-state index contributed by atoms with van der Waals surface area (Å²) in [6.45, 7) is 0.366. The van der Waals surface area contributed by atoms with Crippen LogP contribution in [0.3, 0.4) is 0 Å². The minimum atomic E-state index is -0.781. The fourth-order valence-electron chi connectivity index (χ4n) is 4.40. The van der Waals surface area contributed by atoms with E-state index in [1.807, 2.05) is 36.4 Å². The predicted molar refractivity (Wildman–Crippen MR) is 135 cm³/mol. The van der Waals surface area contributed by atoms with E-state index < -0.39 is 11.0 Å². The molecule has 0 aliphatic heterocycles. The van der Waals surface area contributed by atoms with Crippen LogP contribution in [0.15, 0.2) is 48.8 Å². The topological polar surface area (TPSA) is 147 Å². The van der Waals surface area contributed by atoms with Crippen molar-refractivity contribution in [3.05, 3.63) is 70.0 Å². The van der Waals surface area contributed by atoms with Gasteiger partial charge in [-0.15, -0.1) is 21.5 Å². The number of nitrogens with zero attached hydrogens (tertiary/aromatic N) is 2. The Morgan fingerprint density at radius 3 is 2.61 bits per heavy atom. The second-order valence-corrected chi connectivity index (χ2v) is 9.97. The molecule has 1 aliphatic rings. The second kappa shape index (κ2) is 11.9. The van der Waals surface area contributed by atoms with Crippen LogP contribution < -0.4 is 11.1 Å². The molecule has 11 heteroatoms. The van der Waals surface area contributed by atoms with Crippen molar-refractivity contribution in [3.63, 3.8) is 0 Å². The summed E-state index contributed by atoms with van der Waals surface area (Å²) in [5.74, 6) is -1.07. The summed E-state index contributed by atoms with van der Waals surface area (Å²) in [6, 6.07) is 11.1. The minimum Gasteiger partial charge on any atom is -0.461 e. The van der Waals surface area contributed by atoms with Crippen LogP contribution in [0.5, 0.6) is 0 Å². The Bertz CT molecular complexity index is 1170. The van der Waals surface area contributed by atoms with Gasteiger partial charge >= 0.3 is 5.97 Å². The number of carbonyl (C=O) groups is 2. The lowest BCUT2D eigenvalue weighted by Gasteiger charge is -2.26. The molecular weight excluding hydrogens is 484 g/mol. The molecule has 1 saturated carbocycles. The van der Waals surface area contributed by atoms with Gasteiger partial charge in [-0.2, -0.15) is 0 Å². The summed E-state index contributed by atoms with van der Waals surface area (Å²) in [4.78, 5) is 44.2. The van der Waals surface area contributed by atoms with Gasteiger partial charge in [-0.1, -0.05) is 24.3 Å². The van der Waals surface area contributed by atoms with Gasteiger partial charge in [0.25, 0.3) is 5.09 Å². The summed E-state index contributed by atoms with van der Waals surface area (Å²) >= 11 is 1.46. The van der Waals surface area contributed by atoms with E-state index in [-0.39, 0.29) is 43.5 Å². The van der Waals surface area contributed by atoms with Gasteiger partial charge in [-0.05, 0) is 60.2 Å². The molecular formula is C25H28N4O6S. The number of fused-ring (bicyclic) bond motifs is 1. The van der Waals surface area contributed by atoms with Crippen molar-refractivity contribution >= 4 is 38.3 Å². The van der Waals surface area contributed by atoms with Crippen LogP contribution in [-0.4, -0.2) is 35.1 Å². The minimum absolute atomic E-state index is 0.0739. The number of aromatic nitrogens is 1. The molecule has 3 N–H and O–H groups in total. The number of esters is 1. The van der Waals surface area contributed by atoms with Crippen molar-refractivity contribution in [1.29, 1.82) is 0 Å². The molecule has 1 aliphatic carbocycles. The van der Waals surface area contributed by atoms with Crippen LogP contribution in [-0.2, 0) is 25.8 Å². The highest BCUT2D eigenvalue weighted by Crippen LogP contribution is 2.31. The van der Waals surface area contributed by atoms with Gasteiger partial charge in [-0.25, -0.2) is 0 Å². The number of nitrogens with one attached hydrogen (secondary N) is 1. The number of anilines is 1. The lowest BCUT2D eigenvalue weighted by atomic mass is 9.82. The van der Waals surface area contributed by atoms with Crippen LogP contribution in [0.4, 0.5) is 5.00 Å². The van der Waals surface area contributed by atoms with Crippen LogP contribution in [0, 0.1) is 22.0 Å². The molecule has 2 heterocycles. The lowest BCUT2D eigenvalue weighted by Crippen LogP contribution is -2.27. The molecule has 10 nitrogen and oxygen atoms in total. The fraction of sp³-hybridized carbons (Fsp3) is 0.400. The van der Waals surface area contributed by atoms with Crippen molar-refractivity contribution in [2.75, 3.05) is 18.5 Å². The van der Waals surface area contributed by atoms with E-state index in [1.165, 1.54) is 11.3 Å². The standard InChI is InChI=1S/C25H28N4O6S/c26-12-21(24(30)28-23-11-20-9-10-27-13-22(20)36-23)18-5-1-16(2-6-18)14-34-25(31)19-7-3-17(4-8-19)15-35-29(32)33/h1-2,5-6,9-11,13,17,19,21H,3-4,7-8,12,14-15,26H2,(H,28,30)/t17?,19?,21-/m1/s1. The van der Waals surface area contributed by atoms with E-state index in [0.717, 1.165) is 26.2 Å². The van der Waals surface area contributed by atoms with Gasteiger partial charge in [-0.3, -0.25) is 14.6 Å². The monoisotopic (exact) mass is 512 g/mol. The molecule has 1 amide bonds. The smallest absolute Gasteiger partial charge is 0.309 e. The Balaban J connectivity index is 1.26. The molecule has 4 rings (SSSR count). The Hall–Kier alpha value is -3.57. The average molecular weight is 513 g/mol. The molecule has 0 spiro atoms. The summed E-state index contributed by atoms with van der Waals surface area (Å²) < 4.78 is 6.49. The molecule has 36 heavy (non-hydrogen) atoms. The zero-order chi connectivity index (χ0) is 25.5. The van der Waals surface area contributed by atoms with Crippen LogP contribution in [0.25, 0.3) is 10.1 Å². The first-order chi connectivity index (χ1) is 17.4. The maximum atomic E-state index is 12.9. The Morgan fingerprint density at radius 2 is 1.94 bits per heavy atom. The molecule has 2 aromatic heterocycles. The zero-order valence-corrected chi connectivity index (χ0v) is 20.4. The normalized spacial score (nSPS) is 18.4. The SMILES string of the molecule is NC[C@@H](C(=O)Nc1cc2ccncc2s1)c1ccc(COC(=O)C2CCC(CO[N+](=O)[O-])CC2)cc1. The number of nitrogens with two attached hydrogens (primary N) is 1. The summed E-state index contributed by atoms with van der Waals surface area (Å²) in [5, 5.41) is 14.3. The summed E-state index contributed by atoms with van der Waals surface area (Å²) in [7, 11) is 0. The Kier molecular flexibility index (Phi) is 8.44. The van der Waals surface area contributed by atoms with Gasteiger partial charge in [0.1, 0.15) is 6.61 Å². The van der Waals surface area contributed by atoms with E-state index in [0.29, 0.717) is 25.7 Å². The predicted octanol–water partition coefficient (Wildman–Crippen LogP) is 4.04. The van der Waals surface area contributed by atoms with E-state index in [1.54, 1.807) is 12.4 Å². The second-order valence-electron chi connectivity index (χ2n) is 8.89. The first-order valence-electron chi connectivity index (χ1n) is 11.8. The molecule has 3 aromatic rings. The number of pyridine rings is 1. The molecule has 190 valence electrons. The Morgan fingerprint density at radius 1 is 1.19 bits per heavy atom. The van der Waals surface area contributed by atoms with Crippen molar-refractivity contribution in [3.8, 4) is 0 Å². The fourth-order valence-corrected chi connectivity index (χ4v) is 5.33. The number of rotatable bonds is 10. The van der Waals surface area contributed by atoms with Crippen LogP contribution in [0.1, 0.15) is 42.7 Å². The first kappa shape index (κ1) is 25.5. The molecule has 1 fully saturated rings. The molecule has 1 atom stereocenters. The van der Waals surface area contributed by atoms with Crippen molar-refractivity contribution in [1.82, 2.24) is 4.98 Å². The maximum absolute atomic E-state index is 12.9. The van der Waals surface area contributed by atoms with E-state index in [9.17, 15) is 19.7 Å². The Labute approximate surface area is 211 Å². The lowest BCUT2D eigenvalue weighted by molar-refractivity contribution is -0.759. The largest absolute Gasteiger partial charge is 0.461 e. The number of hydrogen-bond donors (Lipinski definition) is 2. The number of thiophene rings is 1. The number of carbonyl (C=O) groups excluding carboxylic acids is 2. The van der Waals surface area contributed by atoms with Crippen molar-refractivity contribution in [2.24, 2.45) is 17.6 Å². The number of amides is 1. The number of ether oxygens (including phenoxy) is 1. The van der Waals surface area contributed by atoms with Crippen LogP contribution in [0.2, 0.25) is 0 Å². The van der Waals surface area contributed by atoms with Crippen LogP contribution >= 0.6 is 11.3 Å². The molecule has 1 aromatic carbocycles. The molecule has 0 unspecified atom stereocenters. The number of hydrogen-bond acceptors (Lipinski definition) is 9. The quantitative estimate of drug-likeness (QED) is 0.235. The average Bonchev–Trinajstić information content (AvgIpc) is 3.29. The van der Waals surface area contributed by atoms with E-state index in [4.69, 9.17) is 10.5 Å².